The lowest BCUT2D eigenvalue weighted by Crippen LogP contribution is -2.22. The van der Waals surface area contributed by atoms with E-state index in [1.807, 2.05) is 18.2 Å². The molecular formula is C13H12N2O3. The number of nitrogens with one attached hydrogen (secondary N) is 2. The number of carbonyl (C=O) groups excluding carboxylic acids is 2. The molecule has 5 heteroatoms. The minimum atomic E-state index is -0.479. The number of benzene rings is 1. The van der Waals surface area contributed by atoms with E-state index in [1.165, 1.54) is 0 Å². The first kappa shape index (κ1) is 10.8. The lowest BCUT2D eigenvalue weighted by atomic mass is 10.0. The number of ether oxygens (including phenoxy) is 1. The van der Waals surface area contributed by atoms with Crippen LogP contribution in [0.4, 0.5) is 4.79 Å². The Morgan fingerprint density at radius 2 is 2.11 bits per heavy atom. The van der Waals surface area contributed by atoms with Gasteiger partial charge in [0.1, 0.15) is 11.4 Å². The molecule has 0 radical (unpaired) electrons. The summed E-state index contributed by atoms with van der Waals surface area (Å²) in [7, 11) is 0. The molecule has 0 unspecified atom stereocenters. The standard InChI is InChI=1S/C13H12N2O3/c16-12-10(14-13(17)15-12)7-8-3-4-11-9(6-8)2-1-5-18-11/h3-4,6-7H,1-2,5H2,(H2,14,15,16,17)/b10-7+. The molecule has 0 bridgehead atoms. The molecule has 2 heterocycles. The van der Waals surface area contributed by atoms with Crippen LogP contribution in [0.1, 0.15) is 17.5 Å². The Hall–Kier alpha value is -2.30. The zero-order valence-electron chi connectivity index (χ0n) is 9.66. The van der Waals surface area contributed by atoms with E-state index in [0.717, 1.165) is 36.3 Å². The van der Waals surface area contributed by atoms with Crippen LogP contribution in [-0.4, -0.2) is 18.5 Å². The SMILES string of the molecule is O=C1NC(=O)/C(=C\c2ccc3c(c2)CCCO3)N1. The molecule has 0 saturated carbocycles. The maximum Gasteiger partial charge on any atom is 0.326 e. The number of rotatable bonds is 1. The van der Waals surface area contributed by atoms with Crippen molar-refractivity contribution in [1.82, 2.24) is 10.6 Å². The molecule has 0 spiro atoms. The molecule has 92 valence electrons. The van der Waals surface area contributed by atoms with Crippen LogP contribution < -0.4 is 15.4 Å². The van der Waals surface area contributed by atoms with Gasteiger partial charge in [-0.25, -0.2) is 4.79 Å². The van der Waals surface area contributed by atoms with Crippen molar-refractivity contribution < 1.29 is 14.3 Å². The van der Waals surface area contributed by atoms with Crippen molar-refractivity contribution in [3.8, 4) is 5.75 Å². The smallest absolute Gasteiger partial charge is 0.326 e. The van der Waals surface area contributed by atoms with Crippen molar-refractivity contribution in [2.24, 2.45) is 0 Å². The minimum absolute atomic E-state index is 0.275. The van der Waals surface area contributed by atoms with Gasteiger partial charge in [-0.2, -0.15) is 0 Å². The maximum absolute atomic E-state index is 11.4. The Morgan fingerprint density at radius 1 is 1.22 bits per heavy atom. The van der Waals surface area contributed by atoms with Gasteiger partial charge in [0.15, 0.2) is 0 Å². The number of imide groups is 1. The predicted octanol–water partition coefficient (Wildman–Crippen LogP) is 1.19. The maximum atomic E-state index is 11.4. The molecule has 1 fully saturated rings. The number of aryl methyl sites for hydroxylation is 1. The van der Waals surface area contributed by atoms with Crippen LogP contribution >= 0.6 is 0 Å². The summed E-state index contributed by atoms with van der Waals surface area (Å²) < 4.78 is 5.52. The number of carbonyl (C=O) groups is 2. The number of amides is 3. The molecule has 1 saturated heterocycles. The first-order chi connectivity index (χ1) is 8.72. The summed E-state index contributed by atoms with van der Waals surface area (Å²) >= 11 is 0. The van der Waals surface area contributed by atoms with Gasteiger partial charge < -0.3 is 10.1 Å². The molecule has 1 aromatic carbocycles. The molecule has 0 aromatic heterocycles. The van der Waals surface area contributed by atoms with Gasteiger partial charge in [0.2, 0.25) is 0 Å². The Balaban J connectivity index is 1.91. The average molecular weight is 244 g/mol. The van der Waals surface area contributed by atoms with E-state index in [2.05, 4.69) is 10.6 Å². The molecule has 1 aromatic rings. The van der Waals surface area contributed by atoms with Crippen LogP contribution in [0.2, 0.25) is 0 Å². The molecule has 2 aliphatic rings. The first-order valence-corrected chi connectivity index (χ1v) is 5.82. The summed E-state index contributed by atoms with van der Waals surface area (Å²) in [5.41, 5.74) is 2.30. The van der Waals surface area contributed by atoms with Crippen molar-refractivity contribution in [2.45, 2.75) is 12.8 Å². The van der Waals surface area contributed by atoms with Crippen molar-refractivity contribution in [2.75, 3.05) is 6.61 Å². The van der Waals surface area contributed by atoms with E-state index >= 15 is 0 Å². The number of hydrogen-bond donors (Lipinski definition) is 2. The highest BCUT2D eigenvalue weighted by atomic mass is 16.5. The van der Waals surface area contributed by atoms with E-state index in [-0.39, 0.29) is 5.70 Å². The zero-order valence-corrected chi connectivity index (χ0v) is 9.66. The van der Waals surface area contributed by atoms with Gasteiger partial charge in [-0.1, -0.05) is 6.07 Å². The Labute approximate surface area is 104 Å². The van der Waals surface area contributed by atoms with E-state index in [4.69, 9.17) is 4.74 Å². The Bertz CT molecular complexity index is 563. The largest absolute Gasteiger partial charge is 0.493 e. The molecule has 3 rings (SSSR count). The third kappa shape index (κ3) is 1.95. The highest BCUT2D eigenvalue weighted by molar-refractivity contribution is 6.13. The summed E-state index contributed by atoms with van der Waals surface area (Å²) in [5, 5.41) is 4.63. The summed E-state index contributed by atoms with van der Waals surface area (Å²) in [6, 6.07) is 5.27. The van der Waals surface area contributed by atoms with Crippen LogP contribution in [0.15, 0.2) is 23.9 Å². The fraction of sp³-hybridized carbons (Fsp3) is 0.231. The average Bonchev–Trinajstić information content (AvgIpc) is 2.68. The molecular weight excluding hydrogens is 232 g/mol. The molecule has 0 aliphatic carbocycles. The molecule has 2 N–H and O–H groups in total. The van der Waals surface area contributed by atoms with E-state index in [9.17, 15) is 9.59 Å². The lowest BCUT2D eigenvalue weighted by Gasteiger charge is -2.17. The Kier molecular flexibility index (Phi) is 2.51. The van der Waals surface area contributed by atoms with Gasteiger partial charge in [-0.15, -0.1) is 0 Å². The normalized spacial score (nSPS) is 20.1. The summed E-state index contributed by atoms with van der Waals surface area (Å²) in [5.74, 6) is 0.511. The number of fused-ring (bicyclic) bond motifs is 1. The molecule has 3 amide bonds. The van der Waals surface area contributed by atoms with Gasteiger partial charge in [0.05, 0.1) is 6.61 Å². The molecule has 0 atom stereocenters. The second kappa shape index (κ2) is 4.18. The molecule has 5 nitrogen and oxygen atoms in total. The molecule has 2 aliphatic heterocycles. The topological polar surface area (TPSA) is 67.4 Å². The van der Waals surface area contributed by atoms with E-state index < -0.39 is 11.9 Å². The highest BCUT2D eigenvalue weighted by Crippen LogP contribution is 2.26. The second-order valence-electron chi connectivity index (χ2n) is 4.29. The lowest BCUT2D eigenvalue weighted by molar-refractivity contribution is -0.115. The van der Waals surface area contributed by atoms with Crippen LogP contribution in [0, 0.1) is 0 Å². The van der Waals surface area contributed by atoms with Crippen molar-refractivity contribution in [3.05, 3.63) is 35.0 Å². The van der Waals surface area contributed by atoms with Crippen molar-refractivity contribution in [1.29, 1.82) is 0 Å². The zero-order chi connectivity index (χ0) is 12.5. The Morgan fingerprint density at radius 3 is 2.89 bits per heavy atom. The monoisotopic (exact) mass is 244 g/mol. The fourth-order valence-electron chi connectivity index (χ4n) is 2.12. The van der Waals surface area contributed by atoms with E-state index in [0.29, 0.717) is 0 Å². The van der Waals surface area contributed by atoms with Crippen LogP contribution in [0.5, 0.6) is 5.75 Å². The van der Waals surface area contributed by atoms with Gasteiger partial charge in [0.25, 0.3) is 5.91 Å². The fourth-order valence-corrected chi connectivity index (χ4v) is 2.12. The summed E-state index contributed by atoms with van der Waals surface area (Å²) in [4.78, 5) is 22.4. The van der Waals surface area contributed by atoms with Gasteiger partial charge in [0, 0.05) is 0 Å². The third-order valence-corrected chi connectivity index (χ3v) is 2.96. The highest BCUT2D eigenvalue weighted by Gasteiger charge is 2.22. The van der Waals surface area contributed by atoms with Gasteiger partial charge >= 0.3 is 6.03 Å². The number of urea groups is 1. The minimum Gasteiger partial charge on any atom is -0.493 e. The third-order valence-electron chi connectivity index (χ3n) is 2.96. The van der Waals surface area contributed by atoms with Gasteiger partial charge in [-0.3, -0.25) is 10.1 Å². The van der Waals surface area contributed by atoms with Crippen molar-refractivity contribution in [3.63, 3.8) is 0 Å². The number of hydrogen-bond acceptors (Lipinski definition) is 3. The summed E-state index contributed by atoms with van der Waals surface area (Å²) in [6.45, 7) is 0.756. The van der Waals surface area contributed by atoms with Crippen LogP contribution in [0.3, 0.4) is 0 Å². The van der Waals surface area contributed by atoms with Crippen LogP contribution in [-0.2, 0) is 11.2 Å². The first-order valence-electron chi connectivity index (χ1n) is 5.82. The van der Waals surface area contributed by atoms with Crippen LogP contribution in [0.25, 0.3) is 6.08 Å². The van der Waals surface area contributed by atoms with Crippen molar-refractivity contribution >= 4 is 18.0 Å². The quantitative estimate of drug-likeness (QED) is 0.576. The predicted molar refractivity (Wildman–Crippen MR) is 64.9 cm³/mol. The van der Waals surface area contributed by atoms with Gasteiger partial charge in [-0.05, 0) is 42.2 Å². The molecule has 18 heavy (non-hydrogen) atoms. The summed E-state index contributed by atoms with van der Waals surface area (Å²) in [6.07, 6.45) is 3.64. The second-order valence-corrected chi connectivity index (χ2v) is 4.29. The van der Waals surface area contributed by atoms with E-state index in [1.54, 1.807) is 6.08 Å².